The summed E-state index contributed by atoms with van der Waals surface area (Å²) in [6, 6.07) is 11.5. The maximum atomic E-state index is 14.9. The molecular formula is C39H47ClN4O6S. The highest BCUT2D eigenvalue weighted by molar-refractivity contribution is 7.95. The SMILES string of the molecule is COc1nn(C)cc1C(=O)C[S@@]1(=O)=NC(=O)c2ccc3c(c2)N(C[C@@H]2CC[C@H]2[C@H](O)/C=C/C[C@H](C)[C@H]1C)C[C@@]1(CCCc2cc(Cl)ccc21)CO3. The zero-order valence-electron chi connectivity index (χ0n) is 29.7. The second-order valence-electron chi connectivity index (χ2n) is 15.0. The van der Waals surface area contributed by atoms with Gasteiger partial charge in [-0.15, -0.1) is 5.10 Å². The van der Waals surface area contributed by atoms with E-state index in [0.717, 1.165) is 42.8 Å². The van der Waals surface area contributed by atoms with Crippen molar-refractivity contribution in [1.29, 1.82) is 0 Å². The number of ether oxygens (including phenoxy) is 2. The summed E-state index contributed by atoms with van der Waals surface area (Å²) in [5.41, 5.74) is 3.44. The number of nitrogens with zero attached hydrogens (tertiary/aromatic N) is 4. The van der Waals surface area contributed by atoms with E-state index in [0.29, 0.717) is 31.9 Å². The largest absolute Gasteiger partial charge is 0.490 e. The number of benzene rings is 2. The number of halogens is 1. The molecule has 2 aliphatic heterocycles. The van der Waals surface area contributed by atoms with Crippen molar-refractivity contribution in [3.63, 3.8) is 0 Å². The average molecular weight is 735 g/mol. The van der Waals surface area contributed by atoms with Crippen molar-refractivity contribution in [2.75, 3.05) is 37.5 Å². The lowest BCUT2D eigenvalue weighted by molar-refractivity contribution is 0.0455. The van der Waals surface area contributed by atoms with Crippen LogP contribution in [0.5, 0.6) is 11.6 Å². The summed E-state index contributed by atoms with van der Waals surface area (Å²) in [7, 11) is -0.352. The molecule has 3 aromatic rings. The van der Waals surface area contributed by atoms with Crippen molar-refractivity contribution < 1.29 is 28.4 Å². The van der Waals surface area contributed by atoms with E-state index < -0.39 is 38.5 Å². The van der Waals surface area contributed by atoms with Gasteiger partial charge in [0.15, 0.2) is 5.78 Å². The van der Waals surface area contributed by atoms with Gasteiger partial charge < -0.3 is 19.5 Å². The van der Waals surface area contributed by atoms with E-state index in [1.165, 1.54) is 29.1 Å². The summed E-state index contributed by atoms with van der Waals surface area (Å²) in [6.45, 7) is 5.57. The van der Waals surface area contributed by atoms with Gasteiger partial charge in [-0.1, -0.05) is 36.7 Å². The summed E-state index contributed by atoms with van der Waals surface area (Å²) in [6.07, 6.45) is 10.1. The van der Waals surface area contributed by atoms with Crippen LogP contribution in [0.4, 0.5) is 5.69 Å². The molecule has 272 valence electrons. The number of fused-ring (bicyclic) bond motifs is 4. The van der Waals surface area contributed by atoms with Crippen molar-refractivity contribution >= 4 is 38.7 Å². The quantitative estimate of drug-likeness (QED) is 0.241. The van der Waals surface area contributed by atoms with Gasteiger partial charge in [-0.25, -0.2) is 4.21 Å². The molecule has 7 atom stereocenters. The zero-order chi connectivity index (χ0) is 36.1. The van der Waals surface area contributed by atoms with Crippen LogP contribution in [0.25, 0.3) is 0 Å². The van der Waals surface area contributed by atoms with Crippen LogP contribution in [0.3, 0.4) is 0 Å². The molecule has 7 rings (SSSR count). The molecule has 0 radical (unpaired) electrons. The van der Waals surface area contributed by atoms with Crippen molar-refractivity contribution in [2.24, 2.45) is 29.2 Å². The van der Waals surface area contributed by atoms with Crippen molar-refractivity contribution in [3.05, 3.63) is 82.0 Å². The molecular weight excluding hydrogens is 688 g/mol. The average Bonchev–Trinajstić information content (AvgIpc) is 3.41. The third-order valence-electron chi connectivity index (χ3n) is 11.7. The van der Waals surface area contributed by atoms with Gasteiger partial charge in [0, 0.05) is 47.6 Å². The third kappa shape index (κ3) is 6.84. The normalized spacial score (nSPS) is 31.3. The van der Waals surface area contributed by atoms with E-state index >= 15 is 0 Å². The van der Waals surface area contributed by atoms with E-state index in [9.17, 15) is 18.9 Å². The molecule has 1 amide bonds. The Bertz CT molecular complexity index is 2000. The number of carbonyl (C=O) groups excluding carboxylic acids is 2. The Labute approximate surface area is 305 Å². The zero-order valence-corrected chi connectivity index (χ0v) is 31.3. The number of aliphatic hydroxyl groups excluding tert-OH is 1. The molecule has 1 saturated carbocycles. The van der Waals surface area contributed by atoms with Gasteiger partial charge in [0.25, 0.3) is 5.91 Å². The van der Waals surface area contributed by atoms with Crippen molar-refractivity contribution in [1.82, 2.24) is 9.78 Å². The molecule has 12 heteroatoms. The van der Waals surface area contributed by atoms with Gasteiger partial charge >= 0.3 is 0 Å². The summed E-state index contributed by atoms with van der Waals surface area (Å²) >= 11 is 6.44. The Kier molecular flexibility index (Phi) is 9.84. The maximum Gasteiger partial charge on any atom is 0.285 e. The van der Waals surface area contributed by atoms with Crippen molar-refractivity contribution in [2.45, 2.75) is 69.1 Å². The summed E-state index contributed by atoms with van der Waals surface area (Å²) in [4.78, 5) is 30.2. The number of hydrogen-bond donors (Lipinski definition) is 1. The van der Waals surface area contributed by atoms with Crippen LogP contribution < -0.4 is 14.4 Å². The molecule has 4 aliphatic rings. The molecule has 1 fully saturated rings. The number of methoxy groups -OCH3 is 1. The second-order valence-corrected chi connectivity index (χ2v) is 18.0. The molecule has 1 N–H and O–H groups in total. The van der Waals surface area contributed by atoms with E-state index in [1.807, 2.05) is 37.3 Å². The Hall–Kier alpha value is -3.67. The molecule has 3 heterocycles. The highest BCUT2D eigenvalue weighted by atomic mass is 35.5. The number of allylic oxidation sites excluding steroid dienone is 1. The van der Waals surface area contributed by atoms with Crippen LogP contribution >= 0.6 is 11.6 Å². The fraction of sp³-hybridized carbons (Fsp3) is 0.513. The van der Waals surface area contributed by atoms with Gasteiger partial charge in [0.1, 0.15) is 11.3 Å². The number of Topliss-reactive ketones (excluding diaryl/α,β-unsaturated/α-hetero) is 1. The first kappa shape index (κ1) is 35.7. The number of rotatable bonds is 4. The van der Waals surface area contributed by atoms with Gasteiger partial charge in [0.05, 0.1) is 41.0 Å². The van der Waals surface area contributed by atoms with Gasteiger partial charge in [-0.05, 0) is 105 Å². The lowest BCUT2D eigenvalue weighted by atomic mass is 9.68. The molecule has 1 aromatic heterocycles. The first-order chi connectivity index (χ1) is 24.4. The van der Waals surface area contributed by atoms with E-state index in [1.54, 1.807) is 20.0 Å². The number of aliphatic hydroxyl groups is 1. The molecule has 2 bridgehead atoms. The minimum absolute atomic E-state index is 0.0963. The summed E-state index contributed by atoms with van der Waals surface area (Å²) in [5.74, 6) is -0.613. The number of carbonyl (C=O) groups is 2. The van der Waals surface area contributed by atoms with Gasteiger partial charge in [0.2, 0.25) is 5.88 Å². The van der Waals surface area contributed by atoms with E-state index in [-0.39, 0.29) is 40.2 Å². The Morgan fingerprint density at radius 2 is 2.02 bits per heavy atom. The smallest absolute Gasteiger partial charge is 0.285 e. The predicted molar refractivity (Wildman–Crippen MR) is 199 cm³/mol. The first-order valence-electron chi connectivity index (χ1n) is 17.9. The molecule has 10 nitrogen and oxygen atoms in total. The highest BCUT2D eigenvalue weighted by Gasteiger charge is 2.44. The lowest BCUT2D eigenvalue weighted by Gasteiger charge is -2.45. The van der Waals surface area contributed by atoms with Gasteiger partial charge in [-0.3, -0.25) is 14.3 Å². The van der Waals surface area contributed by atoms with Gasteiger partial charge in [-0.2, -0.15) is 4.36 Å². The van der Waals surface area contributed by atoms with Crippen LogP contribution in [-0.4, -0.2) is 74.7 Å². The minimum atomic E-state index is -3.45. The number of aromatic nitrogens is 2. The lowest BCUT2D eigenvalue weighted by Crippen LogP contribution is -2.49. The van der Waals surface area contributed by atoms with Crippen LogP contribution in [0.2, 0.25) is 5.02 Å². The number of ketones is 1. The number of aryl methyl sites for hydroxylation is 2. The number of anilines is 1. The third-order valence-corrected chi connectivity index (χ3v) is 14.8. The van der Waals surface area contributed by atoms with Crippen LogP contribution in [0.15, 0.2) is 59.1 Å². The molecule has 0 unspecified atom stereocenters. The second kappa shape index (κ2) is 14.0. The summed E-state index contributed by atoms with van der Waals surface area (Å²) < 4.78 is 32.8. The van der Waals surface area contributed by atoms with Crippen molar-refractivity contribution in [3.8, 4) is 11.6 Å². The monoisotopic (exact) mass is 734 g/mol. The van der Waals surface area contributed by atoms with Crippen LogP contribution in [0.1, 0.15) is 77.8 Å². The topological polar surface area (TPSA) is 123 Å². The molecule has 2 aliphatic carbocycles. The predicted octanol–water partition coefficient (Wildman–Crippen LogP) is 6.42. The molecule has 51 heavy (non-hydrogen) atoms. The standard InChI is InChI=1S/C39H47ClN4O6S/c1-24-7-5-9-34(45)30-13-10-28(30)19-44-22-39(16-6-8-26-17-29(40)12-14-32(26)39)23-50-36-15-11-27(18-33(36)44)37(47)42-51(48,25(24)2)21-35(46)31-20-43(3)41-38(31)49-4/h5,9,11-12,14-15,17-18,20,24-25,28,30,34,45H,6-8,10,13,16,19,21-23H2,1-4H3/b9-5+/t24-,25+,28-,30+,34+,39-,51-/m0/s1. The van der Waals surface area contributed by atoms with E-state index in [2.05, 4.69) is 26.5 Å². The first-order valence-corrected chi connectivity index (χ1v) is 20.1. The van der Waals surface area contributed by atoms with Crippen LogP contribution in [0, 0.1) is 17.8 Å². The molecule has 2 aromatic carbocycles. The molecule has 1 spiro atoms. The Balaban J connectivity index is 1.32. The fourth-order valence-corrected chi connectivity index (χ4v) is 10.9. The summed E-state index contributed by atoms with van der Waals surface area (Å²) in [5, 5.41) is 15.7. The van der Waals surface area contributed by atoms with Crippen LogP contribution in [-0.2, 0) is 28.6 Å². The fourth-order valence-electron chi connectivity index (χ4n) is 8.45. The number of amides is 1. The minimum Gasteiger partial charge on any atom is -0.490 e. The number of hydrogen-bond acceptors (Lipinski definition) is 8. The maximum absolute atomic E-state index is 14.9. The highest BCUT2D eigenvalue weighted by Crippen LogP contribution is 2.47. The molecule has 0 saturated heterocycles. The Morgan fingerprint density at radius 3 is 2.78 bits per heavy atom. The Morgan fingerprint density at radius 1 is 1.20 bits per heavy atom. The van der Waals surface area contributed by atoms with E-state index in [4.69, 9.17) is 21.1 Å².